The first-order chi connectivity index (χ1) is 15.8. The van der Waals surface area contributed by atoms with Crippen LogP contribution in [0.15, 0.2) is 24.3 Å². The van der Waals surface area contributed by atoms with Crippen molar-refractivity contribution >= 4 is 17.9 Å². The molecule has 0 saturated carbocycles. The number of hydrogen-bond acceptors (Lipinski definition) is 7. The predicted molar refractivity (Wildman–Crippen MR) is 123 cm³/mol. The van der Waals surface area contributed by atoms with E-state index in [0.717, 1.165) is 37.9 Å². The molecule has 3 unspecified atom stereocenters. The van der Waals surface area contributed by atoms with Crippen LogP contribution in [0.25, 0.3) is 0 Å². The number of rotatable bonds is 11. The highest BCUT2D eigenvalue weighted by atomic mass is 16.6. The zero-order valence-corrected chi connectivity index (χ0v) is 19.1. The van der Waals surface area contributed by atoms with Crippen LogP contribution in [0, 0.1) is 11.3 Å². The third-order valence-electron chi connectivity index (χ3n) is 6.60. The van der Waals surface area contributed by atoms with Gasteiger partial charge in [-0.15, -0.1) is 0 Å². The summed E-state index contributed by atoms with van der Waals surface area (Å²) in [7, 11) is 0. The molecular weight excluding hydrogens is 426 g/mol. The molecule has 0 radical (unpaired) electrons. The van der Waals surface area contributed by atoms with E-state index in [1.807, 2.05) is 6.92 Å². The molecule has 2 heterocycles. The molecule has 2 aliphatic heterocycles. The first kappa shape index (κ1) is 24.8. The van der Waals surface area contributed by atoms with E-state index in [0.29, 0.717) is 18.7 Å². The van der Waals surface area contributed by atoms with E-state index in [2.05, 4.69) is 5.32 Å². The number of carboxylic acid groups (broad SMARTS) is 1. The number of ether oxygens (including phenoxy) is 2. The highest BCUT2D eigenvalue weighted by Crippen LogP contribution is 2.38. The van der Waals surface area contributed by atoms with Crippen molar-refractivity contribution < 1.29 is 24.2 Å². The number of hydrogen-bond donors (Lipinski definition) is 5. The molecule has 10 heteroatoms. The summed E-state index contributed by atoms with van der Waals surface area (Å²) in [5, 5.41) is 20.7. The molecule has 33 heavy (non-hydrogen) atoms. The summed E-state index contributed by atoms with van der Waals surface area (Å²) in [6.07, 6.45) is 2.41. The van der Waals surface area contributed by atoms with Crippen molar-refractivity contribution in [3.8, 4) is 5.75 Å². The molecule has 1 aromatic rings. The van der Waals surface area contributed by atoms with Crippen molar-refractivity contribution in [3.63, 3.8) is 0 Å². The van der Waals surface area contributed by atoms with Crippen molar-refractivity contribution in [3.05, 3.63) is 29.8 Å². The first-order valence-electron chi connectivity index (χ1n) is 11.5. The zero-order valence-electron chi connectivity index (χ0n) is 19.1. The van der Waals surface area contributed by atoms with Gasteiger partial charge in [0, 0.05) is 0 Å². The third kappa shape index (κ3) is 5.56. The van der Waals surface area contributed by atoms with Gasteiger partial charge in [0.25, 0.3) is 0 Å². The number of carboxylic acids is 1. The second-order valence-electron chi connectivity index (χ2n) is 8.83. The summed E-state index contributed by atoms with van der Waals surface area (Å²) >= 11 is 0. The predicted octanol–water partition coefficient (Wildman–Crippen LogP) is 1.32. The molecule has 0 aliphatic carbocycles. The van der Waals surface area contributed by atoms with Gasteiger partial charge in [0.1, 0.15) is 29.8 Å². The monoisotopic (exact) mass is 461 g/mol. The van der Waals surface area contributed by atoms with Crippen LogP contribution in [0.4, 0.5) is 4.79 Å². The van der Waals surface area contributed by atoms with Crippen molar-refractivity contribution in [1.29, 1.82) is 5.41 Å². The van der Waals surface area contributed by atoms with Gasteiger partial charge in [-0.2, -0.15) is 0 Å². The number of benzene rings is 1. The normalized spacial score (nSPS) is 21.8. The van der Waals surface area contributed by atoms with Crippen LogP contribution < -0.4 is 21.5 Å². The van der Waals surface area contributed by atoms with E-state index in [4.69, 9.17) is 31.5 Å². The number of nitrogens with one attached hydrogen (secondary N) is 2. The minimum Gasteiger partial charge on any atom is -0.490 e. The maximum atomic E-state index is 12.9. The first-order valence-corrected chi connectivity index (χ1v) is 11.5. The molecule has 3 atom stereocenters. The average molecular weight is 462 g/mol. The van der Waals surface area contributed by atoms with Crippen molar-refractivity contribution in [2.75, 3.05) is 26.2 Å². The Bertz CT molecular complexity index is 842. The lowest BCUT2D eigenvalue weighted by Gasteiger charge is -2.46. The topological polar surface area (TPSA) is 164 Å². The van der Waals surface area contributed by atoms with Crippen LogP contribution in [-0.4, -0.2) is 71.8 Å². The number of nitrogens with two attached hydrogens (primary N) is 2. The Morgan fingerprint density at radius 1 is 1.36 bits per heavy atom. The number of aliphatic carboxylic acids is 1. The van der Waals surface area contributed by atoms with Crippen LogP contribution in [0.2, 0.25) is 0 Å². The van der Waals surface area contributed by atoms with Gasteiger partial charge in [-0.05, 0) is 62.4 Å². The Labute approximate surface area is 194 Å². The number of cyclic esters (lactones) is 1. The lowest BCUT2D eigenvalue weighted by Crippen LogP contribution is -2.63. The van der Waals surface area contributed by atoms with E-state index in [1.165, 1.54) is 0 Å². The quantitative estimate of drug-likeness (QED) is 0.243. The van der Waals surface area contributed by atoms with Crippen LogP contribution in [-0.2, 0) is 16.0 Å². The highest BCUT2D eigenvalue weighted by molar-refractivity contribution is 5.91. The fraction of sp³-hybridized carbons (Fsp3) is 0.609. The van der Waals surface area contributed by atoms with Gasteiger partial charge >= 0.3 is 12.1 Å². The number of amidine groups is 1. The minimum atomic E-state index is -1.04. The summed E-state index contributed by atoms with van der Waals surface area (Å²) in [4.78, 5) is 25.4. The summed E-state index contributed by atoms with van der Waals surface area (Å²) in [5.74, 6) is -0.336. The molecule has 2 saturated heterocycles. The van der Waals surface area contributed by atoms with Crippen molar-refractivity contribution in [1.82, 2.24) is 10.2 Å². The standard InChI is InChI=1S/C23H35N5O5/c1-2-9-23(21(25)26,16-7-10-27-11-8-16)28-13-18(33-22(28)31)14-32-17-5-3-15(4-6-17)12-19(24)20(29)30/h3-6,16,18-19,27H,2,7-14,24H2,1H3,(H3,25,26)(H,29,30). The van der Waals surface area contributed by atoms with E-state index >= 15 is 0 Å². The van der Waals surface area contributed by atoms with Crippen LogP contribution >= 0.6 is 0 Å². The molecule has 1 amide bonds. The summed E-state index contributed by atoms with van der Waals surface area (Å²) in [6, 6.07) is 6.06. The SMILES string of the molecule is CCCC(C(=N)N)(C1CCNCC1)N1CC(COc2ccc(CC(N)C(=O)O)cc2)OC1=O. The van der Waals surface area contributed by atoms with Gasteiger partial charge in [0.05, 0.1) is 6.54 Å². The molecule has 182 valence electrons. The molecule has 7 N–H and O–H groups in total. The molecule has 10 nitrogen and oxygen atoms in total. The second kappa shape index (κ2) is 10.8. The highest BCUT2D eigenvalue weighted by Gasteiger charge is 2.52. The number of carbonyl (C=O) groups is 2. The Morgan fingerprint density at radius 3 is 2.61 bits per heavy atom. The number of piperidine rings is 1. The molecule has 2 fully saturated rings. The summed E-state index contributed by atoms with van der Waals surface area (Å²) < 4.78 is 11.4. The molecule has 0 spiro atoms. The Morgan fingerprint density at radius 2 is 2.03 bits per heavy atom. The van der Waals surface area contributed by atoms with Gasteiger partial charge in [-0.3, -0.25) is 15.1 Å². The summed E-state index contributed by atoms with van der Waals surface area (Å²) in [5.41, 5.74) is 11.7. The lowest BCUT2D eigenvalue weighted by atomic mass is 9.73. The smallest absolute Gasteiger partial charge is 0.411 e. The van der Waals surface area contributed by atoms with E-state index < -0.39 is 29.7 Å². The van der Waals surface area contributed by atoms with Gasteiger partial charge in [0.15, 0.2) is 6.10 Å². The number of nitrogens with zero attached hydrogens (tertiary/aromatic N) is 1. The fourth-order valence-electron chi connectivity index (χ4n) is 4.93. The minimum absolute atomic E-state index is 0.0184. The van der Waals surface area contributed by atoms with Crippen LogP contribution in [0.1, 0.15) is 38.2 Å². The Hall–Kier alpha value is -2.85. The summed E-state index contributed by atoms with van der Waals surface area (Å²) in [6.45, 7) is 4.20. The average Bonchev–Trinajstić information content (AvgIpc) is 3.18. The van der Waals surface area contributed by atoms with Gasteiger partial charge in [0.2, 0.25) is 0 Å². The molecule has 2 aliphatic rings. The maximum absolute atomic E-state index is 12.9. The van der Waals surface area contributed by atoms with Crippen molar-refractivity contribution in [2.45, 2.75) is 56.7 Å². The maximum Gasteiger partial charge on any atom is 0.411 e. The molecular formula is C23H35N5O5. The van der Waals surface area contributed by atoms with Gasteiger partial charge < -0.3 is 31.4 Å². The number of amides is 1. The lowest BCUT2D eigenvalue weighted by molar-refractivity contribution is -0.138. The van der Waals surface area contributed by atoms with Crippen molar-refractivity contribution in [2.24, 2.45) is 17.4 Å². The Kier molecular flexibility index (Phi) is 8.15. The molecule has 3 rings (SSSR count). The van der Waals surface area contributed by atoms with E-state index in [-0.39, 0.29) is 24.8 Å². The largest absolute Gasteiger partial charge is 0.490 e. The van der Waals surface area contributed by atoms with Gasteiger partial charge in [-0.25, -0.2) is 4.79 Å². The molecule has 0 aromatic heterocycles. The molecule has 1 aromatic carbocycles. The second-order valence-corrected chi connectivity index (χ2v) is 8.83. The zero-order chi connectivity index (χ0) is 24.0. The Balaban J connectivity index is 1.64. The molecule has 0 bridgehead atoms. The van der Waals surface area contributed by atoms with E-state index in [1.54, 1.807) is 29.2 Å². The van der Waals surface area contributed by atoms with Gasteiger partial charge in [-0.1, -0.05) is 25.5 Å². The van der Waals surface area contributed by atoms with Crippen LogP contribution in [0.5, 0.6) is 5.75 Å². The number of carbonyl (C=O) groups excluding carboxylic acids is 1. The third-order valence-corrected chi connectivity index (χ3v) is 6.60. The fourth-order valence-corrected chi connectivity index (χ4v) is 4.93. The van der Waals surface area contributed by atoms with E-state index in [9.17, 15) is 9.59 Å². The van der Waals surface area contributed by atoms with Crippen LogP contribution in [0.3, 0.4) is 0 Å².